The molecule has 1 N–H and O–H groups in total. The minimum atomic E-state index is -1.11. The van der Waals surface area contributed by atoms with Crippen molar-refractivity contribution in [3.8, 4) is 22.6 Å². The van der Waals surface area contributed by atoms with Crippen molar-refractivity contribution in [1.29, 1.82) is 0 Å². The Morgan fingerprint density at radius 2 is 1.79 bits per heavy atom. The molecule has 0 saturated carbocycles. The quantitative estimate of drug-likeness (QED) is 0.419. The molecule has 0 aliphatic carbocycles. The van der Waals surface area contributed by atoms with Crippen LogP contribution in [0.4, 0.5) is 0 Å². The van der Waals surface area contributed by atoms with E-state index in [9.17, 15) is 9.59 Å². The first-order valence-electron chi connectivity index (χ1n) is 10.5. The fourth-order valence-corrected chi connectivity index (χ4v) is 4.76. The molecule has 1 saturated heterocycles. The first-order chi connectivity index (χ1) is 15.5. The number of methoxy groups -OCH3 is 1. The number of thiocarbonyl (C=S) groups is 1. The van der Waals surface area contributed by atoms with Gasteiger partial charge in [0.2, 0.25) is 0 Å². The first-order valence-corrected chi connectivity index (χ1v) is 11.7. The highest BCUT2D eigenvalue weighted by atomic mass is 32.2. The van der Waals surface area contributed by atoms with Crippen LogP contribution in [0.3, 0.4) is 0 Å². The van der Waals surface area contributed by atoms with Gasteiger partial charge in [0, 0.05) is 11.1 Å². The molecule has 2 aromatic rings. The number of carbonyl (C=O) groups is 2. The number of carbonyl (C=O) groups excluding carboxylic acids is 1. The Morgan fingerprint density at radius 3 is 2.36 bits per heavy atom. The maximum atomic E-state index is 12.7. The highest BCUT2D eigenvalue weighted by Crippen LogP contribution is 2.38. The highest BCUT2D eigenvalue weighted by molar-refractivity contribution is 8.26. The van der Waals surface area contributed by atoms with Gasteiger partial charge >= 0.3 is 5.97 Å². The molecule has 0 spiro atoms. The molecule has 6 nitrogen and oxygen atoms in total. The minimum absolute atomic E-state index is 0.104. The van der Waals surface area contributed by atoms with Crippen molar-refractivity contribution in [3.05, 3.63) is 52.4 Å². The third kappa shape index (κ3) is 5.57. The summed E-state index contributed by atoms with van der Waals surface area (Å²) < 4.78 is 11.6. The number of hydrogen-bond donors (Lipinski definition) is 1. The molecule has 1 aliphatic rings. The van der Waals surface area contributed by atoms with Crippen LogP contribution in [0.1, 0.15) is 38.8 Å². The number of rotatable bonds is 7. The number of carboxylic acid groups (broad SMARTS) is 1. The molecule has 0 unspecified atom stereocenters. The van der Waals surface area contributed by atoms with Crippen molar-refractivity contribution >= 4 is 46.3 Å². The fraction of sp³-hybridized carbons (Fsp3) is 0.320. The maximum Gasteiger partial charge on any atom is 0.323 e. The molecule has 2 aromatic carbocycles. The standard InChI is InChI=1S/C25H27NO5S2/c1-6-31-19-9-7-15(16-8-10-20(30-5)18(12-16)25(2,3)4)11-17(19)13-21-23(29)26(14-22(27)28)24(32)33-21/h7-13H,6,14H2,1-5H3,(H,27,28)/b21-13-. The van der Waals surface area contributed by atoms with Crippen LogP contribution in [0.25, 0.3) is 17.2 Å². The zero-order valence-electron chi connectivity index (χ0n) is 19.3. The van der Waals surface area contributed by atoms with E-state index in [1.165, 1.54) is 0 Å². The van der Waals surface area contributed by atoms with Crippen LogP contribution in [-0.4, -0.2) is 46.5 Å². The lowest BCUT2D eigenvalue weighted by Gasteiger charge is -2.23. The van der Waals surface area contributed by atoms with Crippen LogP contribution in [0.5, 0.6) is 11.5 Å². The second-order valence-electron chi connectivity index (χ2n) is 8.51. The van der Waals surface area contributed by atoms with E-state index in [2.05, 4.69) is 26.8 Å². The van der Waals surface area contributed by atoms with E-state index in [1.807, 2.05) is 37.3 Å². The molecule has 0 radical (unpaired) electrons. The number of aliphatic carboxylic acids is 1. The smallest absolute Gasteiger partial charge is 0.323 e. The van der Waals surface area contributed by atoms with Gasteiger partial charge in [-0.25, -0.2) is 0 Å². The topological polar surface area (TPSA) is 76.1 Å². The van der Waals surface area contributed by atoms with Crippen LogP contribution < -0.4 is 9.47 Å². The monoisotopic (exact) mass is 485 g/mol. The van der Waals surface area contributed by atoms with Crippen LogP contribution in [0.2, 0.25) is 0 Å². The molecule has 3 rings (SSSR count). The van der Waals surface area contributed by atoms with E-state index in [0.717, 1.165) is 44.7 Å². The maximum absolute atomic E-state index is 12.7. The molecular weight excluding hydrogens is 458 g/mol. The van der Waals surface area contributed by atoms with E-state index in [1.54, 1.807) is 13.2 Å². The van der Waals surface area contributed by atoms with Crippen molar-refractivity contribution < 1.29 is 24.2 Å². The zero-order valence-corrected chi connectivity index (χ0v) is 20.9. The Labute approximate surface area is 203 Å². The van der Waals surface area contributed by atoms with Crippen molar-refractivity contribution in [2.75, 3.05) is 20.3 Å². The normalized spacial score (nSPS) is 15.3. The summed E-state index contributed by atoms with van der Waals surface area (Å²) in [4.78, 5) is 25.3. The van der Waals surface area contributed by atoms with E-state index in [4.69, 9.17) is 26.8 Å². The van der Waals surface area contributed by atoms with Gasteiger partial charge in [0.1, 0.15) is 22.4 Å². The summed E-state index contributed by atoms with van der Waals surface area (Å²) in [5, 5.41) is 9.07. The van der Waals surface area contributed by atoms with Crippen LogP contribution in [0.15, 0.2) is 41.3 Å². The fourth-order valence-electron chi connectivity index (χ4n) is 3.51. The number of benzene rings is 2. The number of amides is 1. The molecular formula is C25H27NO5S2. The summed E-state index contributed by atoms with van der Waals surface area (Å²) >= 11 is 6.30. The van der Waals surface area contributed by atoms with Crippen LogP contribution in [0, 0.1) is 0 Å². The molecule has 1 aliphatic heterocycles. The summed E-state index contributed by atoms with van der Waals surface area (Å²) in [6.07, 6.45) is 1.71. The molecule has 33 heavy (non-hydrogen) atoms. The molecule has 0 atom stereocenters. The third-order valence-electron chi connectivity index (χ3n) is 5.10. The predicted octanol–water partition coefficient (Wildman–Crippen LogP) is 5.34. The molecule has 1 amide bonds. The van der Waals surface area contributed by atoms with Gasteiger partial charge in [0.15, 0.2) is 0 Å². The summed E-state index contributed by atoms with van der Waals surface area (Å²) in [6, 6.07) is 11.9. The number of nitrogens with zero attached hydrogens (tertiary/aromatic N) is 1. The lowest BCUT2D eigenvalue weighted by atomic mass is 9.84. The van der Waals surface area contributed by atoms with Crippen molar-refractivity contribution in [2.45, 2.75) is 33.1 Å². The van der Waals surface area contributed by atoms with E-state index < -0.39 is 18.4 Å². The lowest BCUT2D eigenvalue weighted by Crippen LogP contribution is -2.33. The summed E-state index contributed by atoms with van der Waals surface area (Å²) in [5.74, 6) is -0.0627. The second-order valence-corrected chi connectivity index (χ2v) is 10.2. The summed E-state index contributed by atoms with van der Waals surface area (Å²) in [6.45, 7) is 8.31. The van der Waals surface area contributed by atoms with Crippen molar-refractivity contribution in [1.82, 2.24) is 4.90 Å². The SMILES string of the molecule is CCOc1ccc(-c2ccc(OC)c(C(C)(C)C)c2)cc1/C=C1\SC(=S)N(CC(=O)O)C1=O. The van der Waals surface area contributed by atoms with Crippen molar-refractivity contribution in [2.24, 2.45) is 0 Å². The molecule has 8 heteroatoms. The van der Waals surface area contributed by atoms with Gasteiger partial charge in [-0.2, -0.15) is 0 Å². The second kappa shape index (κ2) is 9.97. The van der Waals surface area contributed by atoms with Gasteiger partial charge in [-0.3, -0.25) is 14.5 Å². The lowest BCUT2D eigenvalue weighted by molar-refractivity contribution is -0.140. The average molecular weight is 486 g/mol. The third-order valence-corrected chi connectivity index (χ3v) is 6.48. The Hall–Kier alpha value is -2.84. The molecule has 1 fully saturated rings. The molecule has 1 heterocycles. The number of hydrogen-bond acceptors (Lipinski definition) is 6. The largest absolute Gasteiger partial charge is 0.496 e. The Morgan fingerprint density at radius 1 is 1.15 bits per heavy atom. The summed E-state index contributed by atoms with van der Waals surface area (Å²) in [5.41, 5.74) is 3.68. The molecule has 0 bridgehead atoms. The van der Waals surface area contributed by atoms with E-state index in [-0.39, 0.29) is 9.74 Å². The van der Waals surface area contributed by atoms with Crippen LogP contribution >= 0.6 is 24.0 Å². The van der Waals surface area contributed by atoms with E-state index >= 15 is 0 Å². The molecule has 174 valence electrons. The summed E-state index contributed by atoms with van der Waals surface area (Å²) in [7, 11) is 1.67. The molecule has 0 aromatic heterocycles. The van der Waals surface area contributed by atoms with Gasteiger partial charge in [-0.1, -0.05) is 56.9 Å². The predicted molar refractivity (Wildman–Crippen MR) is 136 cm³/mol. The van der Waals surface area contributed by atoms with Crippen molar-refractivity contribution in [3.63, 3.8) is 0 Å². The first kappa shape index (κ1) is 24.8. The highest BCUT2D eigenvalue weighted by Gasteiger charge is 2.33. The number of thioether (sulfide) groups is 1. The Bertz CT molecular complexity index is 1130. The van der Waals surface area contributed by atoms with E-state index in [0.29, 0.717) is 17.3 Å². The Balaban J connectivity index is 2.06. The van der Waals surface area contributed by atoms with Crippen LogP contribution in [-0.2, 0) is 15.0 Å². The number of carboxylic acids is 1. The van der Waals surface area contributed by atoms with Gasteiger partial charge < -0.3 is 14.6 Å². The Kier molecular flexibility index (Phi) is 7.49. The minimum Gasteiger partial charge on any atom is -0.496 e. The van der Waals surface area contributed by atoms with Gasteiger partial charge in [-0.15, -0.1) is 0 Å². The van der Waals surface area contributed by atoms with Gasteiger partial charge in [0.05, 0.1) is 18.6 Å². The van der Waals surface area contributed by atoms with Gasteiger partial charge in [-0.05, 0) is 53.8 Å². The van der Waals surface area contributed by atoms with Gasteiger partial charge in [0.25, 0.3) is 5.91 Å². The zero-order chi connectivity index (χ0) is 24.3. The average Bonchev–Trinajstić information content (AvgIpc) is 3.01. The number of ether oxygens (including phenoxy) is 2.